The molecule has 0 spiro atoms. The number of oxime groups is 1. The van der Waals surface area contributed by atoms with E-state index in [9.17, 15) is 4.79 Å². The van der Waals surface area contributed by atoms with E-state index in [1.807, 2.05) is 25.3 Å². The highest BCUT2D eigenvalue weighted by Crippen LogP contribution is 2.35. The molecule has 3 heterocycles. The predicted octanol–water partition coefficient (Wildman–Crippen LogP) is 3.61. The van der Waals surface area contributed by atoms with Crippen molar-refractivity contribution in [1.29, 1.82) is 0 Å². The van der Waals surface area contributed by atoms with Gasteiger partial charge < -0.3 is 14.0 Å². The van der Waals surface area contributed by atoms with Gasteiger partial charge in [-0.05, 0) is 32.8 Å². The first kappa shape index (κ1) is 20.1. The Hall–Kier alpha value is -3.81. The predicted molar refractivity (Wildman–Crippen MR) is 120 cm³/mol. The van der Waals surface area contributed by atoms with Crippen molar-refractivity contribution in [1.82, 2.24) is 24.1 Å². The minimum atomic E-state index is -0.612. The van der Waals surface area contributed by atoms with Crippen LogP contribution in [0.25, 0.3) is 10.9 Å². The fraction of sp³-hybridized carbons (Fsp3) is 0.292. The Morgan fingerprint density at radius 1 is 1.25 bits per heavy atom. The maximum atomic E-state index is 12.6. The monoisotopic (exact) mass is 428 g/mol. The van der Waals surface area contributed by atoms with Crippen molar-refractivity contribution in [2.45, 2.75) is 33.2 Å². The molecular weight excluding hydrogens is 404 g/mol. The number of carbonyl (C=O) groups excluding carboxylic acids is 1. The van der Waals surface area contributed by atoms with Gasteiger partial charge in [-0.3, -0.25) is 4.98 Å². The number of nitrogens with zero attached hydrogens (tertiary/aromatic N) is 6. The highest BCUT2D eigenvalue weighted by molar-refractivity contribution is 6.14. The lowest BCUT2D eigenvalue weighted by atomic mass is 9.84. The van der Waals surface area contributed by atoms with Gasteiger partial charge in [-0.15, -0.1) is 0 Å². The molecule has 4 aromatic rings. The molecule has 3 aromatic heterocycles. The molecule has 0 saturated carbocycles. The number of imidazole rings is 1. The Morgan fingerprint density at radius 2 is 2.09 bits per heavy atom. The van der Waals surface area contributed by atoms with E-state index >= 15 is 0 Å². The Labute approximate surface area is 185 Å². The van der Waals surface area contributed by atoms with Crippen LogP contribution in [-0.2, 0) is 24.9 Å². The molecule has 0 radical (unpaired) electrons. The Balaban J connectivity index is 1.57. The van der Waals surface area contributed by atoms with Crippen molar-refractivity contribution in [3.05, 3.63) is 77.5 Å². The SMILES string of the molecule is Cc1cncc(C(=O)ON=C2c3c(n(C)c4ccccc34)CCC2Cn2ccnc2C)n1. The number of para-hydroxylation sites is 1. The summed E-state index contributed by atoms with van der Waals surface area (Å²) >= 11 is 0. The van der Waals surface area contributed by atoms with E-state index in [0.717, 1.165) is 47.4 Å². The topological polar surface area (TPSA) is 87.2 Å². The fourth-order valence-corrected chi connectivity index (χ4v) is 4.51. The summed E-state index contributed by atoms with van der Waals surface area (Å²) in [6.07, 6.45) is 8.58. The lowest BCUT2D eigenvalue weighted by molar-refractivity contribution is 0.0505. The van der Waals surface area contributed by atoms with Crippen LogP contribution >= 0.6 is 0 Å². The smallest absolute Gasteiger partial charge is 0.347 e. The standard InChI is InChI=1S/C24H24N6O2/c1-15-12-25-13-19(27-15)24(31)32-28-23-17(14-30-11-10-26-16(30)2)8-9-21-22(23)18-6-4-5-7-20(18)29(21)3/h4-7,10-13,17H,8-9,14H2,1-3H3. The van der Waals surface area contributed by atoms with Crippen molar-refractivity contribution in [3.63, 3.8) is 0 Å². The molecule has 0 bridgehead atoms. The van der Waals surface area contributed by atoms with Crippen LogP contribution in [0.5, 0.6) is 0 Å². The second-order valence-corrected chi connectivity index (χ2v) is 8.16. The second-order valence-electron chi connectivity index (χ2n) is 8.16. The summed E-state index contributed by atoms with van der Waals surface area (Å²) in [6.45, 7) is 4.48. The van der Waals surface area contributed by atoms with Crippen molar-refractivity contribution >= 4 is 22.6 Å². The van der Waals surface area contributed by atoms with Crippen LogP contribution in [0.3, 0.4) is 0 Å². The normalized spacial score (nSPS) is 17.0. The van der Waals surface area contributed by atoms with Crippen LogP contribution in [0.4, 0.5) is 0 Å². The van der Waals surface area contributed by atoms with Gasteiger partial charge in [0.25, 0.3) is 0 Å². The molecule has 8 heteroatoms. The first-order chi connectivity index (χ1) is 15.5. The second kappa shape index (κ2) is 8.03. The Kier molecular flexibility index (Phi) is 5.05. The first-order valence-corrected chi connectivity index (χ1v) is 10.6. The first-order valence-electron chi connectivity index (χ1n) is 10.6. The van der Waals surface area contributed by atoms with Crippen LogP contribution in [0.15, 0.2) is 54.2 Å². The van der Waals surface area contributed by atoms with Gasteiger partial charge in [-0.1, -0.05) is 23.4 Å². The lowest BCUT2D eigenvalue weighted by Gasteiger charge is -2.25. The quantitative estimate of drug-likeness (QED) is 0.366. The molecule has 162 valence electrons. The molecule has 1 aromatic carbocycles. The number of hydrogen-bond donors (Lipinski definition) is 0. The van der Waals surface area contributed by atoms with E-state index in [0.29, 0.717) is 5.69 Å². The summed E-state index contributed by atoms with van der Waals surface area (Å²) in [5.74, 6) is 0.413. The summed E-state index contributed by atoms with van der Waals surface area (Å²) in [6, 6.07) is 8.27. The van der Waals surface area contributed by atoms with E-state index in [-0.39, 0.29) is 11.6 Å². The van der Waals surface area contributed by atoms with Crippen LogP contribution in [0.2, 0.25) is 0 Å². The molecule has 32 heavy (non-hydrogen) atoms. The van der Waals surface area contributed by atoms with Crippen molar-refractivity contribution in [2.75, 3.05) is 0 Å². The van der Waals surface area contributed by atoms with E-state index < -0.39 is 5.97 Å². The third kappa shape index (κ3) is 3.47. The minimum Gasteiger partial charge on any atom is -0.347 e. The molecule has 0 fully saturated rings. The van der Waals surface area contributed by atoms with Crippen molar-refractivity contribution < 1.29 is 9.63 Å². The molecule has 1 atom stereocenters. The minimum absolute atomic E-state index is 0.0811. The number of aryl methyl sites for hydroxylation is 3. The average molecular weight is 428 g/mol. The fourth-order valence-electron chi connectivity index (χ4n) is 4.51. The number of rotatable bonds is 4. The van der Waals surface area contributed by atoms with Gasteiger partial charge in [0.15, 0.2) is 5.69 Å². The third-order valence-corrected chi connectivity index (χ3v) is 6.13. The molecule has 1 aliphatic carbocycles. The Morgan fingerprint density at radius 3 is 2.88 bits per heavy atom. The number of aromatic nitrogens is 5. The van der Waals surface area contributed by atoms with E-state index in [1.165, 1.54) is 11.9 Å². The zero-order valence-corrected chi connectivity index (χ0v) is 18.3. The molecule has 0 N–H and O–H groups in total. The highest BCUT2D eigenvalue weighted by Gasteiger charge is 2.32. The maximum Gasteiger partial charge on any atom is 0.385 e. The molecule has 8 nitrogen and oxygen atoms in total. The largest absolute Gasteiger partial charge is 0.385 e. The summed E-state index contributed by atoms with van der Waals surface area (Å²) in [5.41, 5.74) is 4.97. The molecule has 5 rings (SSSR count). The Bertz CT molecular complexity index is 1350. The summed E-state index contributed by atoms with van der Waals surface area (Å²) in [5, 5.41) is 5.55. The summed E-state index contributed by atoms with van der Waals surface area (Å²) in [7, 11) is 2.08. The third-order valence-electron chi connectivity index (χ3n) is 6.13. The number of benzene rings is 1. The van der Waals surface area contributed by atoms with Crippen LogP contribution in [0, 0.1) is 19.8 Å². The van der Waals surface area contributed by atoms with Gasteiger partial charge in [-0.2, -0.15) is 0 Å². The number of carbonyl (C=O) groups is 1. The molecule has 0 aliphatic heterocycles. The van der Waals surface area contributed by atoms with E-state index in [2.05, 4.69) is 48.4 Å². The number of fused-ring (bicyclic) bond motifs is 3. The van der Waals surface area contributed by atoms with E-state index in [1.54, 1.807) is 19.3 Å². The van der Waals surface area contributed by atoms with Crippen molar-refractivity contribution in [3.8, 4) is 0 Å². The molecule has 1 aliphatic rings. The van der Waals surface area contributed by atoms with Crippen molar-refractivity contribution in [2.24, 2.45) is 18.1 Å². The lowest BCUT2D eigenvalue weighted by Crippen LogP contribution is -2.28. The van der Waals surface area contributed by atoms with Crippen LogP contribution in [0.1, 0.15) is 39.7 Å². The zero-order chi connectivity index (χ0) is 22.2. The molecule has 0 amide bonds. The van der Waals surface area contributed by atoms with Gasteiger partial charge in [-0.25, -0.2) is 14.8 Å². The summed E-state index contributed by atoms with van der Waals surface area (Å²) < 4.78 is 4.33. The summed E-state index contributed by atoms with van der Waals surface area (Å²) in [4.78, 5) is 30.7. The van der Waals surface area contributed by atoms with Gasteiger partial charge in [0, 0.05) is 60.3 Å². The molecular formula is C24H24N6O2. The molecule has 1 unspecified atom stereocenters. The molecule has 0 saturated heterocycles. The van der Waals surface area contributed by atoms with E-state index in [4.69, 9.17) is 4.84 Å². The van der Waals surface area contributed by atoms with Gasteiger partial charge in [0.2, 0.25) is 0 Å². The number of hydrogen-bond acceptors (Lipinski definition) is 6. The van der Waals surface area contributed by atoms with Crippen LogP contribution < -0.4 is 0 Å². The van der Waals surface area contributed by atoms with Gasteiger partial charge in [0.05, 0.1) is 17.6 Å². The zero-order valence-electron chi connectivity index (χ0n) is 18.3. The van der Waals surface area contributed by atoms with Gasteiger partial charge >= 0.3 is 5.97 Å². The highest BCUT2D eigenvalue weighted by atomic mass is 16.7. The van der Waals surface area contributed by atoms with Crippen LogP contribution in [-0.4, -0.2) is 35.8 Å². The van der Waals surface area contributed by atoms with Gasteiger partial charge in [0.1, 0.15) is 5.82 Å². The maximum absolute atomic E-state index is 12.6. The average Bonchev–Trinajstić information content (AvgIpc) is 3.33.